The molecule has 1 heterocycles. The van der Waals surface area contributed by atoms with Crippen molar-refractivity contribution in [2.75, 3.05) is 33.5 Å². The number of nitrogens with zero attached hydrogens (tertiary/aromatic N) is 2. The van der Waals surface area contributed by atoms with E-state index in [1.165, 1.54) is 61.3 Å². The molecule has 0 atom stereocenters. The van der Waals surface area contributed by atoms with Crippen LogP contribution in [0.15, 0.2) is 48.5 Å². The minimum Gasteiger partial charge on any atom is -0.338 e. The summed E-state index contributed by atoms with van der Waals surface area (Å²) in [5, 5.41) is 2.20. The maximum absolute atomic E-state index is 3.55. The van der Waals surface area contributed by atoms with Gasteiger partial charge in [0.1, 0.15) is 0 Å². The number of alkyl halides is 2. The molecule has 0 fully saturated rings. The number of para-hydroxylation sites is 4. The van der Waals surface area contributed by atoms with Crippen LogP contribution in [-0.4, -0.2) is 23.7 Å². The molecule has 0 bridgehead atoms. The molecule has 0 spiro atoms. The molecular formula is C22H28Br2N2. The number of hydrogen-bond acceptors (Lipinski definition) is 2. The lowest BCUT2D eigenvalue weighted by Crippen LogP contribution is -2.30. The number of unbranched alkanes of at least 4 members (excludes halogenated alkanes) is 4. The number of rotatable bonds is 10. The largest absolute Gasteiger partial charge is 0.338 e. The fourth-order valence-corrected chi connectivity index (χ4v) is 4.46. The Morgan fingerprint density at radius 1 is 0.500 bits per heavy atom. The van der Waals surface area contributed by atoms with Crippen molar-refractivity contribution in [1.29, 1.82) is 0 Å². The van der Waals surface area contributed by atoms with Gasteiger partial charge in [-0.2, -0.15) is 0 Å². The SMILES string of the molecule is BrCCCCCN1c2ccccc2N(CCCCCBr)c2ccccc21. The topological polar surface area (TPSA) is 6.48 Å². The van der Waals surface area contributed by atoms with Gasteiger partial charge in [-0.1, -0.05) is 69.0 Å². The van der Waals surface area contributed by atoms with Crippen LogP contribution in [-0.2, 0) is 0 Å². The molecular weight excluding hydrogens is 452 g/mol. The van der Waals surface area contributed by atoms with Crippen LogP contribution in [0.2, 0.25) is 0 Å². The first-order valence-electron chi connectivity index (χ1n) is 9.72. The summed E-state index contributed by atoms with van der Waals surface area (Å²) in [6, 6.07) is 17.8. The van der Waals surface area contributed by atoms with Crippen LogP contribution in [0, 0.1) is 0 Å². The van der Waals surface area contributed by atoms with Gasteiger partial charge in [0.05, 0.1) is 22.7 Å². The second-order valence-corrected chi connectivity index (χ2v) is 8.37. The van der Waals surface area contributed by atoms with Crippen LogP contribution in [0.1, 0.15) is 38.5 Å². The van der Waals surface area contributed by atoms with Crippen molar-refractivity contribution in [3.63, 3.8) is 0 Å². The van der Waals surface area contributed by atoms with E-state index in [9.17, 15) is 0 Å². The second-order valence-electron chi connectivity index (χ2n) is 6.78. The smallest absolute Gasteiger partial charge is 0.0652 e. The summed E-state index contributed by atoms with van der Waals surface area (Å²) in [5.41, 5.74) is 5.41. The quantitative estimate of drug-likeness (QED) is 0.258. The molecule has 0 aromatic heterocycles. The predicted octanol–water partition coefficient (Wildman–Crippen LogP) is 7.41. The van der Waals surface area contributed by atoms with Crippen molar-refractivity contribution in [1.82, 2.24) is 0 Å². The van der Waals surface area contributed by atoms with Crippen molar-refractivity contribution in [2.45, 2.75) is 38.5 Å². The van der Waals surface area contributed by atoms with Gasteiger partial charge in [-0.25, -0.2) is 0 Å². The standard InChI is InChI=1S/C22H28Br2N2/c23-15-7-1-9-17-25-19-11-3-5-13-21(19)26(18-10-2-8-16-24)22-14-6-4-12-20(22)25/h3-6,11-14H,1-2,7-10,15-18H2. The molecule has 2 aromatic rings. The summed E-state index contributed by atoms with van der Waals surface area (Å²) in [7, 11) is 0. The Kier molecular flexibility index (Phi) is 7.87. The first-order chi connectivity index (χ1) is 12.9. The zero-order chi connectivity index (χ0) is 18.2. The van der Waals surface area contributed by atoms with Gasteiger partial charge in [0.15, 0.2) is 0 Å². The van der Waals surface area contributed by atoms with Crippen LogP contribution in [0.5, 0.6) is 0 Å². The van der Waals surface area contributed by atoms with E-state index >= 15 is 0 Å². The normalized spacial score (nSPS) is 12.8. The first kappa shape index (κ1) is 19.8. The van der Waals surface area contributed by atoms with Gasteiger partial charge in [-0.05, 0) is 49.9 Å². The van der Waals surface area contributed by atoms with Crippen molar-refractivity contribution < 1.29 is 0 Å². The molecule has 1 aliphatic rings. The van der Waals surface area contributed by atoms with Crippen LogP contribution >= 0.6 is 31.9 Å². The lowest BCUT2D eigenvalue weighted by atomic mass is 10.1. The van der Waals surface area contributed by atoms with Crippen molar-refractivity contribution in [2.24, 2.45) is 0 Å². The highest BCUT2D eigenvalue weighted by molar-refractivity contribution is 9.09. The van der Waals surface area contributed by atoms with Crippen LogP contribution in [0.3, 0.4) is 0 Å². The summed E-state index contributed by atoms with van der Waals surface area (Å²) in [5.74, 6) is 0. The van der Waals surface area contributed by atoms with E-state index in [1.54, 1.807) is 0 Å². The fourth-order valence-electron chi connectivity index (χ4n) is 3.67. The highest BCUT2D eigenvalue weighted by Gasteiger charge is 2.27. The summed E-state index contributed by atoms with van der Waals surface area (Å²) < 4.78 is 0. The maximum atomic E-state index is 3.55. The molecule has 2 aromatic carbocycles. The van der Waals surface area contributed by atoms with Gasteiger partial charge in [0.25, 0.3) is 0 Å². The molecule has 0 aliphatic carbocycles. The predicted molar refractivity (Wildman–Crippen MR) is 122 cm³/mol. The van der Waals surface area contributed by atoms with Crippen molar-refractivity contribution in [3.05, 3.63) is 48.5 Å². The molecule has 2 nitrogen and oxygen atoms in total. The van der Waals surface area contributed by atoms with E-state index in [-0.39, 0.29) is 0 Å². The average molecular weight is 480 g/mol. The van der Waals surface area contributed by atoms with Crippen LogP contribution in [0.4, 0.5) is 22.7 Å². The number of hydrogen-bond donors (Lipinski definition) is 0. The van der Waals surface area contributed by atoms with Gasteiger partial charge in [-0.3, -0.25) is 0 Å². The fraction of sp³-hybridized carbons (Fsp3) is 0.455. The third-order valence-electron chi connectivity index (χ3n) is 4.96. The molecule has 0 N–H and O–H groups in total. The Morgan fingerprint density at radius 3 is 1.15 bits per heavy atom. The van der Waals surface area contributed by atoms with Crippen LogP contribution < -0.4 is 9.80 Å². The van der Waals surface area contributed by atoms with Gasteiger partial charge in [0.2, 0.25) is 0 Å². The van der Waals surface area contributed by atoms with Gasteiger partial charge in [-0.15, -0.1) is 0 Å². The van der Waals surface area contributed by atoms with Crippen molar-refractivity contribution in [3.8, 4) is 0 Å². The number of fused-ring (bicyclic) bond motifs is 2. The molecule has 140 valence electrons. The van der Waals surface area contributed by atoms with E-state index in [0.29, 0.717) is 0 Å². The summed E-state index contributed by atoms with van der Waals surface area (Å²) in [6.07, 6.45) is 7.47. The lowest BCUT2D eigenvalue weighted by Gasteiger charge is -2.40. The lowest BCUT2D eigenvalue weighted by molar-refractivity contribution is 0.707. The van der Waals surface area contributed by atoms with Gasteiger partial charge >= 0.3 is 0 Å². The van der Waals surface area contributed by atoms with E-state index in [2.05, 4.69) is 90.2 Å². The average Bonchev–Trinajstić information content (AvgIpc) is 2.69. The molecule has 0 amide bonds. The third kappa shape index (κ3) is 4.64. The Morgan fingerprint density at radius 2 is 0.846 bits per heavy atom. The number of anilines is 4. The number of halogens is 2. The minimum absolute atomic E-state index is 1.08. The van der Waals surface area contributed by atoms with Gasteiger partial charge < -0.3 is 9.80 Å². The summed E-state index contributed by atoms with van der Waals surface area (Å²) >= 11 is 7.09. The highest BCUT2D eigenvalue weighted by atomic mass is 79.9. The summed E-state index contributed by atoms with van der Waals surface area (Å²) in [4.78, 5) is 5.04. The van der Waals surface area contributed by atoms with Gasteiger partial charge in [0, 0.05) is 23.7 Å². The monoisotopic (exact) mass is 478 g/mol. The Balaban J connectivity index is 1.85. The molecule has 0 radical (unpaired) electrons. The van der Waals surface area contributed by atoms with E-state index in [4.69, 9.17) is 0 Å². The molecule has 3 rings (SSSR count). The molecule has 0 saturated carbocycles. The maximum Gasteiger partial charge on any atom is 0.0652 e. The number of benzene rings is 2. The van der Waals surface area contributed by atoms with E-state index in [1.807, 2.05) is 0 Å². The van der Waals surface area contributed by atoms with E-state index < -0.39 is 0 Å². The Bertz CT molecular complexity index is 584. The molecule has 0 saturated heterocycles. The zero-order valence-corrected chi connectivity index (χ0v) is 18.5. The summed E-state index contributed by atoms with van der Waals surface area (Å²) in [6.45, 7) is 2.16. The third-order valence-corrected chi connectivity index (χ3v) is 6.08. The second kappa shape index (κ2) is 10.4. The van der Waals surface area contributed by atoms with Crippen molar-refractivity contribution >= 4 is 54.6 Å². The van der Waals surface area contributed by atoms with Crippen LogP contribution in [0.25, 0.3) is 0 Å². The zero-order valence-electron chi connectivity index (χ0n) is 15.3. The molecule has 26 heavy (non-hydrogen) atoms. The Hall–Kier alpha value is -1.00. The molecule has 1 aliphatic heterocycles. The first-order valence-corrected chi connectivity index (χ1v) is 12.0. The van der Waals surface area contributed by atoms with E-state index in [0.717, 1.165) is 23.7 Å². The highest BCUT2D eigenvalue weighted by Crippen LogP contribution is 2.47. The Labute approximate surface area is 174 Å². The minimum atomic E-state index is 1.08. The molecule has 0 unspecified atom stereocenters. The molecule has 4 heteroatoms.